The fourth-order valence-corrected chi connectivity index (χ4v) is 3.14. The van der Waals surface area contributed by atoms with E-state index in [-0.39, 0.29) is 31.5 Å². The van der Waals surface area contributed by atoms with Crippen molar-refractivity contribution in [3.63, 3.8) is 0 Å². The number of thioether (sulfide) groups is 1. The number of benzene rings is 1. The Labute approximate surface area is 143 Å². The van der Waals surface area contributed by atoms with E-state index in [1.54, 1.807) is 25.3 Å². The molecule has 0 saturated carbocycles. The van der Waals surface area contributed by atoms with Gasteiger partial charge in [0.2, 0.25) is 5.91 Å². The summed E-state index contributed by atoms with van der Waals surface area (Å²) < 4.78 is 5.43. The molecule has 2 rings (SSSR count). The first kappa shape index (κ1) is 17.5. The van der Waals surface area contributed by atoms with Crippen molar-refractivity contribution in [1.29, 1.82) is 0 Å². The molecule has 6 nitrogen and oxygen atoms in total. The molecule has 0 spiro atoms. The van der Waals surface area contributed by atoms with Gasteiger partial charge >= 0.3 is 0 Å². The lowest BCUT2D eigenvalue weighted by atomic mass is 10.2. The number of carbonyl (C=O) groups is 2. The molecule has 23 heavy (non-hydrogen) atoms. The quantitative estimate of drug-likeness (QED) is 0.588. The van der Waals surface area contributed by atoms with Gasteiger partial charge in [-0.1, -0.05) is 36.1 Å². The number of hydrogen-bond donors (Lipinski definition) is 2. The van der Waals surface area contributed by atoms with E-state index in [9.17, 15) is 9.59 Å². The van der Waals surface area contributed by atoms with Crippen LogP contribution in [0, 0.1) is 0 Å². The molecule has 1 aliphatic heterocycles. The molecule has 1 saturated heterocycles. The van der Waals surface area contributed by atoms with Crippen molar-refractivity contribution in [2.24, 2.45) is 0 Å². The van der Waals surface area contributed by atoms with Gasteiger partial charge in [-0.05, 0) is 23.8 Å². The Morgan fingerprint density at radius 3 is 2.74 bits per heavy atom. The van der Waals surface area contributed by atoms with E-state index in [1.165, 1.54) is 4.90 Å². The van der Waals surface area contributed by atoms with Crippen molar-refractivity contribution in [3.05, 3.63) is 34.7 Å². The number of carbonyl (C=O) groups excluding carboxylic acids is 2. The summed E-state index contributed by atoms with van der Waals surface area (Å²) in [5.41, 5.74) is 0.844. The number of hydrogen-bond acceptors (Lipinski definition) is 6. The molecule has 0 atom stereocenters. The van der Waals surface area contributed by atoms with Crippen molar-refractivity contribution in [3.8, 4) is 5.75 Å². The highest BCUT2D eigenvalue weighted by Gasteiger charge is 2.33. The molecule has 0 aromatic heterocycles. The zero-order valence-electron chi connectivity index (χ0n) is 12.4. The van der Waals surface area contributed by atoms with E-state index >= 15 is 0 Å². The second-order valence-electron chi connectivity index (χ2n) is 4.61. The zero-order valence-corrected chi connectivity index (χ0v) is 14.1. The molecule has 1 fully saturated rings. The summed E-state index contributed by atoms with van der Waals surface area (Å²) >= 11 is 6.32. The van der Waals surface area contributed by atoms with Gasteiger partial charge in [0.25, 0.3) is 5.91 Å². The summed E-state index contributed by atoms with van der Waals surface area (Å²) in [6, 6.07) is 7.27. The lowest BCUT2D eigenvalue weighted by molar-refractivity contribution is -0.128. The van der Waals surface area contributed by atoms with Crippen LogP contribution < -0.4 is 10.1 Å². The Morgan fingerprint density at radius 2 is 2.13 bits per heavy atom. The molecule has 2 amide bonds. The largest absolute Gasteiger partial charge is 0.497 e. The number of nitrogens with zero attached hydrogens (tertiary/aromatic N) is 1. The normalized spacial score (nSPS) is 16.1. The van der Waals surface area contributed by atoms with E-state index in [4.69, 9.17) is 22.1 Å². The number of ether oxygens (including phenoxy) is 1. The third-order valence-corrected chi connectivity index (χ3v) is 4.40. The van der Waals surface area contributed by atoms with Gasteiger partial charge in [0.05, 0.1) is 18.6 Å². The monoisotopic (exact) mass is 352 g/mol. The molecule has 2 N–H and O–H groups in total. The Hall–Kier alpha value is -1.90. The average Bonchev–Trinajstić information content (AvgIpc) is 2.81. The van der Waals surface area contributed by atoms with Gasteiger partial charge in [-0.3, -0.25) is 14.5 Å². The summed E-state index contributed by atoms with van der Waals surface area (Å²) in [6.07, 6.45) is 1.73. The molecule has 0 unspecified atom stereocenters. The molecule has 1 aromatic rings. The molecular formula is C15H16N2O4S2. The van der Waals surface area contributed by atoms with Crippen LogP contribution in [0.5, 0.6) is 5.75 Å². The maximum Gasteiger partial charge on any atom is 0.266 e. The molecule has 1 aromatic carbocycles. The first-order chi connectivity index (χ1) is 11.0. The first-order valence-corrected chi connectivity index (χ1v) is 8.04. The van der Waals surface area contributed by atoms with Gasteiger partial charge in [0, 0.05) is 6.54 Å². The van der Waals surface area contributed by atoms with Crippen molar-refractivity contribution in [2.75, 3.05) is 26.8 Å². The highest BCUT2D eigenvalue weighted by atomic mass is 32.2. The maximum absolute atomic E-state index is 12.3. The van der Waals surface area contributed by atoms with E-state index in [0.717, 1.165) is 23.1 Å². The Morgan fingerprint density at radius 1 is 1.43 bits per heavy atom. The lowest BCUT2D eigenvalue weighted by Crippen LogP contribution is -2.40. The highest BCUT2D eigenvalue weighted by molar-refractivity contribution is 8.26. The van der Waals surface area contributed by atoms with Gasteiger partial charge in [0.15, 0.2) is 0 Å². The molecule has 0 bridgehead atoms. The third-order valence-electron chi connectivity index (χ3n) is 3.02. The number of aliphatic hydroxyl groups is 1. The lowest BCUT2D eigenvalue weighted by Gasteiger charge is -2.13. The van der Waals surface area contributed by atoms with Gasteiger partial charge in [0.1, 0.15) is 16.6 Å². The Balaban J connectivity index is 2.07. The predicted octanol–water partition coefficient (Wildman–Crippen LogP) is 1.00. The molecule has 0 aliphatic carbocycles. The number of rotatable bonds is 6. The average molecular weight is 352 g/mol. The molecule has 0 radical (unpaired) electrons. The van der Waals surface area contributed by atoms with Crippen molar-refractivity contribution in [1.82, 2.24) is 10.2 Å². The minimum Gasteiger partial charge on any atom is -0.497 e. The maximum atomic E-state index is 12.3. The topological polar surface area (TPSA) is 78.9 Å². The van der Waals surface area contributed by atoms with Gasteiger partial charge in [-0.2, -0.15) is 0 Å². The SMILES string of the molecule is COc1ccc(C=C2SC(=S)N(CC(=O)NCCO)C2=O)cc1. The molecule has 122 valence electrons. The fraction of sp³-hybridized carbons (Fsp3) is 0.267. The number of nitrogens with one attached hydrogen (secondary N) is 1. The fourth-order valence-electron chi connectivity index (χ4n) is 1.88. The van der Waals surface area contributed by atoms with Gasteiger partial charge in [-0.25, -0.2) is 0 Å². The minimum atomic E-state index is -0.360. The highest BCUT2D eigenvalue weighted by Crippen LogP contribution is 2.32. The van der Waals surface area contributed by atoms with Crippen LogP contribution in [0.2, 0.25) is 0 Å². The zero-order chi connectivity index (χ0) is 16.8. The minimum absolute atomic E-state index is 0.148. The predicted molar refractivity (Wildman–Crippen MR) is 93.0 cm³/mol. The first-order valence-electron chi connectivity index (χ1n) is 6.82. The van der Waals surface area contributed by atoms with E-state index in [1.807, 2.05) is 12.1 Å². The summed E-state index contributed by atoms with van der Waals surface area (Å²) in [5, 5.41) is 11.2. The van der Waals surface area contributed by atoms with Crippen LogP contribution in [0.15, 0.2) is 29.2 Å². The van der Waals surface area contributed by atoms with Gasteiger partial charge in [-0.15, -0.1) is 0 Å². The van der Waals surface area contributed by atoms with Crippen molar-refractivity contribution in [2.45, 2.75) is 0 Å². The molecular weight excluding hydrogens is 336 g/mol. The van der Waals surface area contributed by atoms with E-state index in [2.05, 4.69) is 5.32 Å². The third kappa shape index (κ3) is 4.54. The second-order valence-corrected chi connectivity index (χ2v) is 6.29. The van der Waals surface area contributed by atoms with E-state index in [0.29, 0.717) is 9.23 Å². The van der Waals surface area contributed by atoms with Crippen LogP contribution in [-0.2, 0) is 9.59 Å². The standard InChI is InChI=1S/C15H16N2O4S2/c1-21-11-4-2-10(3-5-11)8-12-14(20)17(15(22)23-12)9-13(19)16-6-7-18/h2-5,8,18H,6-7,9H2,1H3,(H,16,19). The number of methoxy groups -OCH3 is 1. The summed E-state index contributed by atoms with van der Waals surface area (Å²) in [6.45, 7) is -0.151. The second kappa shape index (κ2) is 8.09. The van der Waals surface area contributed by atoms with Crippen LogP contribution in [0.4, 0.5) is 0 Å². The number of amides is 2. The molecule has 8 heteroatoms. The van der Waals surface area contributed by atoms with Crippen LogP contribution in [0.1, 0.15) is 5.56 Å². The summed E-state index contributed by atoms with van der Waals surface area (Å²) in [5.74, 6) is 0.0752. The van der Waals surface area contributed by atoms with Crippen molar-refractivity contribution >= 4 is 46.2 Å². The Bertz CT molecular complexity index is 643. The summed E-state index contributed by atoms with van der Waals surface area (Å²) in [7, 11) is 1.59. The smallest absolute Gasteiger partial charge is 0.266 e. The van der Waals surface area contributed by atoms with Crippen LogP contribution in [-0.4, -0.2) is 52.9 Å². The van der Waals surface area contributed by atoms with E-state index < -0.39 is 0 Å². The summed E-state index contributed by atoms with van der Waals surface area (Å²) in [4.78, 5) is 25.7. The molecule has 1 aliphatic rings. The van der Waals surface area contributed by atoms with Crippen LogP contribution in [0.25, 0.3) is 6.08 Å². The van der Waals surface area contributed by atoms with Crippen LogP contribution >= 0.6 is 24.0 Å². The van der Waals surface area contributed by atoms with Crippen molar-refractivity contribution < 1.29 is 19.4 Å². The molecule has 1 heterocycles. The van der Waals surface area contributed by atoms with Crippen LogP contribution in [0.3, 0.4) is 0 Å². The number of thiocarbonyl (C=S) groups is 1. The number of aliphatic hydroxyl groups excluding tert-OH is 1. The van der Waals surface area contributed by atoms with Gasteiger partial charge < -0.3 is 15.2 Å². The Kier molecular flexibility index (Phi) is 6.14.